The molecule has 3 N–H and O–H groups in total. The lowest BCUT2D eigenvalue weighted by atomic mass is 10.3. The Labute approximate surface area is 104 Å². The molecule has 0 bridgehead atoms. The van der Waals surface area contributed by atoms with E-state index in [2.05, 4.69) is 5.32 Å². The van der Waals surface area contributed by atoms with Crippen LogP contribution in [0.3, 0.4) is 0 Å². The molecular formula is C12H27NO4. The second-order valence-electron chi connectivity index (χ2n) is 2.74. The van der Waals surface area contributed by atoms with E-state index in [1.807, 2.05) is 27.7 Å². The van der Waals surface area contributed by atoms with Gasteiger partial charge in [-0.05, 0) is 25.9 Å². The molecule has 0 saturated carbocycles. The monoisotopic (exact) mass is 249 g/mol. The van der Waals surface area contributed by atoms with Crippen molar-refractivity contribution < 1.29 is 19.8 Å². The Kier molecular flexibility index (Phi) is 25.4. The van der Waals surface area contributed by atoms with Gasteiger partial charge in [-0.25, -0.2) is 0 Å². The van der Waals surface area contributed by atoms with Crippen molar-refractivity contribution in [1.29, 1.82) is 0 Å². The minimum atomic E-state index is -0.799. The highest BCUT2D eigenvalue weighted by atomic mass is 16.4. The number of hydrogen-bond acceptors (Lipinski definition) is 3. The van der Waals surface area contributed by atoms with Gasteiger partial charge in [-0.1, -0.05) is 27.7 Å². The number of carboxylic acid groups (broad SMARTS) is 2. The molecule has 5 heteroatoms. The first kappa shape index (κ1) is 21.2. The molecule has 0 rings (SSSR count). The summed E-state index contributed by atoms with van der Waals surface area (Å²) in [4.78, 5) is 20.1. The fourth-order valence-electron chi connectivity index (χ4n) is 0.854. The van der Waals surface area contributed by atoms with Crippen LogP contribution in [0.15, 0.2) is 0 Å². The molecule has 0 unspecified atom stereocenters. The maximum atomic E-state index is 10.1. The summed E-state index contributed by atoms with van der Waals surface area (Å²) in [6.45, 7) is 9.26. The van der Waals surface area contributed by atoms with Crippen molar-refractivity contribution in [2.45, 2.75) is 53.4 Å². The Balaban J connectivity index is -0.000000439. The highest BCUT2D eigenvalue weighted by Gasteiger charge is 1.97. The molecule has 0 aromatic carbocycles. The molecule has 0 heterocycles. The first-order chi connectivity index (χ1) is 8.13. The minimum Gasteiger partial charge on any atom is -0.481 e. The molecule has 0 saturated heterocycles. The molecule has 0 spiro atoms. The van der Waals surface area contributed by atoms with Crippen LogP contribution in [-0.4, -0.2) is 35.2 Å². The topological polar surface area (TPSA) is 86.6 Å². The van der Waals surface area contributed by atoms with Gasteiger partial charge in [-0.2, -0.15) is 0 Å². The molecule has 0 aliphatic rings. The van der Waals surface area contributed by atoms with E-state index in [4.69, 9.17) is 10.2 Å². The van der Waals surface area contributed by atoms with E-state index in [0.29, 0.717) is 25.9 Å². The number of carboxylic acids is 2. The number of rotatable bonds is 8. The Morgan fingerprint density at radius 1 is 0.824 bits per heavy atom. The van der Waals surface area contributed by atoms with E-state index in [1.54, 1.807) is 0 Å². The quantitative estimate of drug-likeness (QED) is 0.575. The van der Waals surface area contributed by atoms with Gasteiger partial charge in [0.25, 0.3) is 0 Å². The summed E-state index contributed by atoms with van der Waals surface area (Å²) in [5, 5.41) is 19.5. The molecule has 0 fully saturated rings. The lowest BCUT2D eigenvalue weighted by Gasteiger charge is -2.01. The largest absolute Gasteiger partial charge is 0.481 e. The van der Waals surface area contributed by atoms with Gasteiger partial charge in [-0.3, -0.25) is 9.59 Å². The normalized spacial score (nSPS) is 8.24. The Bertz CT molecular complexity index is 154. The molecule has 0 aromatic rings. The zero-order valence-electron chi connectivity index (χ0n) is 11.5. The predicted octanol–water partition coefficient (Wildman–Crippen LogP) is 2.36. The molecular weight excluding hydrogens is 222 g/mol. The van der Waals surface area contributed by atoms with E-state index in [0.717, 1.165) is 0 Å². The lowest BCUT2D eigenvalue weighted by molar-refractivity contribution is -0.138. The third-order valence-corrected chi connectivity index (χ3v) is 1.49. The second-order valence-corrected chi connectivity index (χ2v) is 2.74. The van der Waals surface area contributed by atoms with Crippen LogP contribution in [-0.2, 0) is 9.59 Å². The fraction of sp³-hybridized carbons (Fsp3) is 0.833. The lowest BCUT2D eigenvalue weighted by Crippen LogP contribution is -2.18. The Morgan fingerprint density at radius 2 is 1.12 bits per heavy atom. The predicted molar refractivity (Wildman–Crippen MR) is 69.3 cm³/mol. The van der Waals surface area contributed by atoms with Gasteiger partial charge in [-0.15, -0.1) is 0 Å². The zero-order valence-corrected chi connectivity index (χ0v) is 11.5. The summed E-state index contributed by atoms with van der Waals surface area (Å²) in [7, 11) is 0. The number of nitrogens with one attached hydrogen (secondary N) is 1. The van der Waals surface area contributed by atoms with Crippen LogP contribution in [0.2, 0.25) is 0 Å². The first-order valence-electron chi connectivity index (χ1n) is 6.27. The molecule has 104 valence electrons. The molecule has 5 nitrogen and oxygen atoms in total. The van der Waals surface area contributed by atoms with Gasteiger partial charge in [0, 0.05) is 12.8 Å². The van der Waals surface area contributed by atoms with E-state index < -0.39 is 11.9 Å². The maximum absolute atomic E-state index is 10.1. The third kappa shape index (κ3) is 31.3. The van der Waals surface area contributed by atoms with Gasteiger partial charge in [0.05, 0.1) is 0 Å². The van der Waals surface area contributed by atoms with Crippen molar-refractivity contribution >= 4 is 11.9 Å². The minimum absolute atomic E-state index is 0.159. The molecule has 0 radical (unpaired) electrons. The van der Waals surface area contributed by atoms with Crippen molar-refractivity contribution in [2.75, 3.05) is 13.1 Å². The summed E-state index contributed by atoms with van der Waals surface area (Å²) in [6, 6.07) is 0. The van der Waals surface area contributed by atoms with Crippen LogP contribution in [0.4, 0.5) is 0 Å². The maximum Gasteiger partial charge on any atom is 0.303 e. The number of aliphatic carboxylic acids is 2. The molecule has 17 heavy (non-hydrogen) atoms. The summed E-state index contributed by atoms with van der Waals surface area (Å²) < 4.78 is 0. The van der Waals surface area contributed by atoms with Gasteiger partial charge >= 0.3 is 11.9 Å². The second kappa shape index (κ2) is 20.3. The van der Waals surface area contributed by atoms with Crippen LogP contribution < -0.4 is 5.32 Å². The third-order valence-electron chi connectivity index (χ3n) is 1.49. The zero-order chi connectivity index (χ0) is 14.1. The van der Waals surface area contributed by atoms with Crippen molar-refractivity contribution in [1.82, 2.24) is 5.32 Å². The van der Waals surface area contributed by atoms with Crippen molar-refractivity contribution in [2.24, 2.45) is 0 Å². The molecule has 0 aliphatic heterocycles. The van der Waals surface area contributed by atoms with E-state index in [-0.39, 0.29) is 12.8 Å². The fourth-order valence-corrected chi connectivity index (χ4v) is 0.854. The van der Waals surface area contributed by atoms with Crippen molar-refractivity contribution in [3.63, 3.8) is 0 Å². The van der Waals surface area contributed by atoms with Gasteiger partial charge in [0.1, 0.15) is 0 Å². The molecule has 0 aliphatic carbocycles. The van der Waals surface area contributed by atoms with Crippen LogP contribution >= 0.6 is 0 Å². The van der Waals surface area contributed by atoms with E-state index in [1.165, 1.54) is 0 Å². The first-order valence-corrected chi connectivity index (χ1v) is 6.27. The summed E-state index contributed by atoms with van der Waals surface area (Å²) in [6.07, 6.45) is 1.49. The van der Waals surface area contributed by atoms with Crippen LogP contribution in [0, 0.1) is 0 Å². The Hall–Kier alpha value is -1.10. The average Bonchev–Trinajstić information content (AvgIpc) is 2.32. The smallest absolute Gasteiger partial charge is 0.303 e. The van der Waals surface area contributed by atoms with Gasteiger partial charge < -0.3 is 15.5 Å². The SMILES string of the molecule is CC.CC.O=C(O)CCCNCCCC(=O)O. The highest BCUT2D eigenvalue weighted by molar-refractivity contribution is 5.66. The number of hydrogen-bond donors (Lipinski definition) is 3. The van der Waals surface area contributed by atoms with Crippen LogP contribution in [0.5, 0.6) is 0 Å². The van der Waals surface area contributed by atoms with Gasteiger partial charge in [0.15, 0.2) is 0 Å². The molecule has 0 atom stereocenters. The summed E-state index contributed by atoms with van der Waals surface area (Å²) >= 11 is 0. The average molecular weight is 249 g/mol. The van der Waals surface area contributed by atoms with Crippen molar-refractivity contribution in [3.8, 4) is 0 Å². The van der Waals surface area contributed by atoms with E-state index >= 15 is 0 Å². The molecule has 0 amide bonds. The number of carbonyl (C=O) groups is 2. The highest BCUT2D eigenvalue weighted by Crippen LogP contribution is 1.88. The van der Waals surface area contributed by atoms with Crippen LogP contribution in [0.25, 0.3) is 0 Å². The summed E-state index contributed by atoms with van der Waals surface area (Å²) in [5.74, 6) is -1.60. The van der Waals surface area contributed by atoms with Gasteiger partial charge in [0.2, 0.25) is 0 Å². The summed E-state index contributed by atoms with van der Waals surface area (Å²) in [5.41, 5.74) is 0. The standard InChI is InChI=1S/C8H15NO4.2C2H6/c10-7(11)3-1-5-9-6-2-4-8(12)13;2*1-2/h9H,1-6H2,(H,10,11)(H,12,13);2*1-2H3. The van der Waals surface area contributed by atoms with Crippen LogP contribution in [0.1, 0.15) is 53.4 Å². The Morgan fingerprint density at radius 3 is 1.35 bits per heavy atom. The molecule has 0 aromatic heterocycles. The van der Waals surface area contributed by atoms with Crippen molar-refractivity contribution in [3.05, 3.63) is 0 Å². The van der Waals surface area contributed by atoms with E-state index in [9.17, 15) is 9.59 Å².